The smallest absolute Gasteiger partial charge is 0.407 e. The fourth-order valence-corrected chi connectivity index (χ4v) is 1.48. The SMILES string of the molecule is O=C(NCc1[c]cccc1)OCc1ccccc1. The molecule has 0 aliphatic carbocycles. The number of hydrogen-bond donors (Lipinski definition) is 1. The molecule has 0 aromatic heterocycles. The topological polar surface area (TPSA) is 38.3 Å². The molecule has 18 heavy (non-hydrogen) atoms. The Kier molecular flexibility index (Phi) is 4.36. The third-order valence-electron chi connectivity index (χ3n) is 2.41. The van der Waals surface area contributed by atoms with Crippen molar-refractivity contribution in [3.8, 4) is 0 Å². The maximum absolute atomic E-state index is 11.4. The molecule has 0 atom stereocenters. The first-order chi connectivity index (χ1) is 8.84. The van der Waals surface area contributed by atoms with E-state index < -0.39 is 6.09 Å². The summed E-state index contributed by atoms with van der Waals surface area (Å²) in [7, 11) is 0. The van der Waals surface area contributed by atoms with Crippen LogP contribution in [0.25, 0.3) is 0 Å². The molecule has 3 nitrogen and oxygen atoms in total. The van der Waals surface area contributed by atoms with Gasteiger partial charge in [0.15, 0.2) is 0 Å². The molecule has 0 aliphatic rings. The van der Waals surface area contributed by atoms with Crippen LogP contribution in [0.1, 0.15) is 11.1 Å². The molecule has 0 unspecified atom stereocenters. The van der Waals surface area contributed by atoms with Crippen molar-refractivity contribution in [3.05, 3.63) is 71.8 Å². The number of carbonyl (C=O) groups excluding carboxylic acids is 1. The summed E-state index contributed by atoms with van der Waals surface area (Å²) in [5.41, 5.74) is 1.90. The molecule has 0 heterocycles. The zero-order valence-corrected chi connectivity index (χ0v) is 9.93. The maximum Gasteiger partial charge on any atom is 0.407 e. The summed E-state index contributed by atoms with van der Waals surface area (Å²) in [4.78, 5) is 11.4. The van der Waals surface area contributed by atoms with E-state index in [2.05, 4.69) is 11.4 Å². The average molecular weight is 240 g/mol. The highest BCUT2D eigenvalue weighted by Gasteiger charge is 2.02. The lowest BCUT2D eigenvalue weighted by atomic mass is 10.2. The van der Waals surface area contributed by atoms with Crippen LogP contribution in [0.4, 0.5) is 4.79 Å². The van der Waals surface area contributed by atoms with Gasteiger partial charge in [-0.1, -0.05) is 54.6 Å². The lowest BCUT2D eigenvalue weighted by molar-refractivity contribution is 0.139. The predicted octanol–water partition coefficient (Wildman–Crippen LogP) is 2.91. The van der Waals surface area contributed by atoms with Gasteiger partial charge in [0.2, 0.25) is 0 Å². The predicted molar refractivity (Wildman–Crippen MR) is 68.7 cm³/mol. The van der Waals surface area contributed by atoms with E-state index >= 15 is 0 Å². The van der Waals surface area contributed by atoms with Crippen molar-refractivity contribution in [3.63, 3.8) is 0 Å². The highest BCUT2D eigenvalue weighted by molar-refractivity contribution is 5.67. The minimum Gasteiger partial charge on any atom is -0.445 e. The molecule has 0 fully saturated rings. The Morgan fingerprint density at radius 1 is 1.11 bits per heavy atom. The van der Waals surface area contributed by atoms with Crippen LogP contribution in [0.2, 0.25) is 0 Å². The minimum atomic E-state index is -0.420. The van der Waals surface area contributed by atoms with E-state index in [1.807, 2.05) is 54.6 Å². The van der Waals surface area contributed by atoms with Gasteiger partial charge in [0.05, 0.1) is 0 Å². The van der Waals surface area contributed by atoms with Crippen LogP contribution in [-0.2, 0) is 17.9 Å². The van der Waals surface area contributed by atoms with Crippen molar-refractivity contribution < 1.29 is 9.53 Å². The fraction of sp³-hybridized carbons (Fsp3) is 0.133. The molecule has 91 valence electrons. The number of amides is 1. The van der Waals surface area contributed by atoms with Gasteiger partial charge in [-0.15, -0.1) is 0 Å². The number of hydrogen-bond acceptors (Lipinski definition) is 2. The highest BCUT2D eigenvalue weighted by atomic mass is 16.5. The van der Waals surface area contributed by atoms with Crippen molar-refractivity contribution in [1.29, 1.82) is 0 Å². The largest absolute Gasteiger partial charge is 0.445 e. The van der Waals surface area contributed by atoms with E-state index in [1.54, 1.807) is 0 Å². The number of ether oxygens (including phenoxy) is 1. The monoisotopic (exact) mass is 240 g/mol. The molecule has 3 heteroatoms. The molecular weight excluding hydrogens is 226 g/mol. The van der Waals surface area contributed by atoms with E-state index in [1.165, 1.54) is 0 Å². The van der Waals surface area contributed by atoms with Gasteiger partial charge in [-0.3, -0.25) is 0 Å². The molecule has 1 N–H and O–H groups in total. The molecule has 1 amide bonds. The van der Waals surface area contributed by atoms with Crippen molar-refractivity contribution in [1.82, 2.24) is 5.32 Å². The van der Waals surface area contributed by atoms with Crippen LogP contribution < -0.4 is 5.32 Å². The average Bonchev–Trinajstić information content (AvgIpc) is 2.45. The van der Waals surface area contributed by atoms with Gasteiger partial charge in [-0.25, -0.2) is 4.79 Å². The number of rotatable bonds is 4. The maximum atomic E-state index is 11.4. The van der Waals surface area contributed by atoms with E-state index in [9.17, 15) is 4.79 Å². The van der Waals surface area contributed by atoms with Crippen LogP contribution in [0.3, 0.4) is 0 Å². The summed E-state index contributed by atoms with van der Waals surface area (Å²) >= 11 is 0. The van der Waals surface area contributed by atoms with Crippen molar-refractivity contribution >= 4 is 6.09 Å². The Morgan fingerprint density at radius 2 is 1.89 bits per heavy atom. The van der Waals surface area contributed by atoms with Gasteiger partial charge in [0.1, 0.15) is 6.61 Å². The number of carbonyl (C=O) groups is 1. The lowest BCUT2D eigenvalue weighted by Crippen LogP contribution is -2.23. The summed E-state index contributed by atoms with van der Waals surface area (Å²) in [5.74, 6) is 0. The Bertz CT molecular complexity index is 437. The summed E-state index contributed by atoms with van der Waals surface area (Å²) in [6.45, 7) is 0.708. The van der Waals surface area contributed by atoms with E-state index in [-0.39, 0.29) is 6.61 Å². The van der Waals surface area contributed by atoms with Gasteiger partial charge >= 0.3 is 6.09 Å². The van der Waals surface area contributed by atoms with Gasteiger partial charge in [0.25, 0.3) is 0 Å². The number of nitrogens with one attached hydrogen (secondary N) is 1. The van der Waals surface area contributed by atoms with Gasteiger partial charge in [-0.05, 0) is 17.2 Å². The number of alkyl carbamates (subject to hydrolysis) is 1. The van der Waals surface area contributed by atoms with E-state index in [0.717, 1.165) is 11.1 Å². The first-order valence-corrected chi connectivity index (χ1v) is 5.75. The molecule has 0 bridgehead atoms. The Morgan fingerprint density at radius 3 is 2.61 bits per heavy atom. The fourth-order valence-electron chi connectivity index (χ4n) is 1.48. The first kappa shape index (κ1) is 12.2. The molecular formula is C15H14NO2. The van der Waals surface area contributed by atoms with Crippen LogP contribution in [0, 0.1) is 6.07 Å². The second kappa shape index (κ2) is 6.45. The molecule has 0 saturated heterocycles. The van der Waals surface area contributed by atoms with Crippen LogP contribution >= 0.6 is 0 Å². The molecule has 2 aromatic carbocycles. The molecule has 2 rings (SSSR count). The zero-order chi connectivity index (χ0) is 12.6. The second-order valence-electron chi connectivity index (χ2n) is 3.80. The molecule has 0 aliphatic heterocycles. The van der Waals surface area contributed by atoms with E-state index in [4.69, 9.17) is 4.74 Å². The molecule has 0 spiro atoms. The zero-order valence-electron chi connectivity index (χ0n) is 9.93. The van der Waals surface area contributed by atoms with Gasteiger partial charge in [-0.2, -0.15) is 0 Å². The second-order valence-corrected chi connectivity index (χ2v) is 3.80. The normalized spacial score (nSPS) is 9.78. The Hall–Kier alpha value is -2.29. The standard InChI is InChI=1S/C15H14NO2/c17-15(16-11-13-7-3-1-4-8-13)18-12-14-9-5-2-6-10-14/h1-7,9-10H,11-12H2,(H,16,17). The third kappa shape index (κ3) is 3.94. The molecule has 1 radical (unpaired) electrons. The lowest BCUT2D eigenvalue weighted by Gasteiger charge is -2.06. The molecule has 2 aromatic rings. The van der Waals surface area contributed by atoms with Crippen molar-refractivity contribution in [2.24, 2.45) is 0 Å². The van der Waals surface area contributed by atoms with Gasteiger partial charge in [0, 0.05) is 6.54 Å². The van der Waals surface area contributed by atoms with E-state index in [0.29, 0.717) is 6.54 Å². The van der Waals surface area contributed by atoms with Crippen molar-refractivity contribution in [2.75, 3.05) is 0 Å². The summed E-state index contributed by atoms with van der Waals surface area (Å²) in [5, 5.41) is 2.68. The Balaban J connectivity index is 1.73. The third-order valence-corrected chi connectivity index (χ3v) is 2.41. The summed E-state index contributed by atoms with van der Waals surface area (Å²) < 4.78 is 5.09. The van der Waals surface area contributed by atoms with Gasteiger partial charge < -0.3 is 10.1 Å². The quantitative estimate of drug-likeness (QED) is 0.892. The molecule has 0 saturated carbocycles. The number of benzene rings is 2. The Labute approximate surface area is 106 Å². The first-order valence-electron chi connectivity index (χ1n) is 5.75. The van der Waals surface area contributed by atoms with Crippen LogP contribution in [-0.4, -0.2) is 6.09 Å². The van der Waals surface area contributed by atoms with Crippen LogP contribution in [0.15, 0.2) is 54.6 Å². The van der Waals surface area contributed by atoms with Crippen LogP contribution in [0.5, 0.6) is 0 Å². The summed E-state index contributed by atoms with van der Waals surface area (Å²) in [6, 6.07) is 20.1. The highest BCUT2D eigenvalue weighted by Crippen LogP contribution is 2.01. The minimum absolute atomic E-state index is 0.283. The summed E-state index contributed by atoms with van der Waals surface area (Å²) in [6.07, 6.45) is -0.420. The van der Waals surface area contributed by atoms with Crippen molar-refractivity contribution in [2.45, 2.75) is 13.2 Å².